The van der Waals surface area contributed by atoms with E-state index >= 15 is 0 Å². The van der Waals surface area contributed by atoms with Gasteiger partial charge in [-0.25, -0.2) is 0 Å². The number of aryl methyl sites for hydroxylation is 2. The molecule has 78 valence electrons. The number of hydrogen-bond donors (Lipinski definition) is 1. The van der Waals surface area contributed by atoms with Crippen molar-refractivity contribution in [1.82, 2.24) is 15.1 Å². The van der Waals surface area contributed by atoms with Crippen molar-refractivity contribution in [3.63, 3.8) is 0 Å². The molecule has 1 unspecified atom stereocenters. The maximum absolute atomic E-state index is 4.45. The van der Waals surface area contributed by atoms with Crippen LogP contribution < -0.4 is 5.32 Å². The van der Waals surface area contributed by atoms with E-state index in [9.17, 15) is 0 Å². The van der Waals surface area contributed by atoms with Crippen molar-refractivity contribution >= 4 is 11.8 Å². The fourth-order valence-electron chi connectivity index (χ4n) is 2.01. The molecule has 0 spiro atoms. The van der Waals surface area contributed by atoms with Crippen LogP contribution in [-0.2, 0) is 7.05 Å². The molecule has 0 aliphatic carbocycles. The molecule has 0 radical (unpaired) electrons. The van der Waals surface area contributed by atoms with Gasteiger partial charge in [0.25, 0.3) is 0 Å². The highest BCUT2D eigenvalue weighted by Crippen LogP contribution is 2.25. The highest BCUT2D eigenvalue weighted by atomic mass is 32.2. The Hall–Kier alpha value is -0.480. The molecule has 1 saturated heterocycles. The molecule has 1 N–H and O–H groups in total. The number of aromatic nitrogens is 2. The van der Waals surface area contributed by atoms with Gasteiger partial charge >= 0.3 is 0 Å². The molecule has 1 aliphatic heterocycles. The summed E-state index contributed by atoms with van der Waals surface area (Å²) in [5.41, 5.74) is 3.85. The topological polar surface area (TPSA) is 29.9 Å². The summed E-state index contributed by atoms with van der Waals surface area (Å²) in [6.07, 6.45) is 0. The van der Waals surface area contributed by atoms with Crippen LogP contribution in [0.4, 0.5) is 0 Å². The second-order valence-corrected chi connectivity index (χ2v) is 4.95. The maximum Gasteiger partial charge on any atom is 0.0626 e. The second-order valence-electron chi connectivity index (χ2n) is 3.80. The van der Waals surface area contributed by atoms with Gasteiger partial charge in [0.15, 0.2) is 0 Å². The minimum absolute atomic E-state index is 0.486. The van der Waals surface area contributed by atoms with Crippen LogP contribution in [0, 0.1) is 13.8 Å². The summed E-state index contributed by atoms with van der Waals surface area (Å²) in [6, 6.07) is 0.486. The molecule has 1 aromatic rings. The lowest BCUT2D eigenvalue weighted by Crippen LogP contribution is -2.32. The lowest BCUT2D eigenvalue weighted by molar-refractivity contribution is 0.542. The SMILES string of the molecule is Cc1nn(C)c(C2CSCCN2)c1C. The van der Waals surface area contributed by atoms with E-state index in [4.69, 9.17) is 0 Å². The third kappa shape index (κ3) is 1.68. The van der Waals surface area contributed by atoms with Gasteiger partial charge in [-0.2, -0.15) is 16.9 Å². The summed E-state index contributed by atoms with van der Waals surface area (Å²) in [5, 5.41) is 8.00. The molecule has 1 atom stereocenters. The van der Waals surface area contributed by atoms with Gasteiger partial charge in [-0.15, -0.1) is 0 Å². The van der Waals surface area contributed by atoms with E-state index in [1.807, 2.05) is 23.5 Å². The average molecular weight is 211 g/mol. The lowest BCUT2D eigenvalue weighted by atomic mass is 10.1. The van der Waals surface area contributed by atoms with Crippen molar-refractivity contribution in [3.05, 3.63) is 17.0 Å². The molecule has 14 heavy (non-hydrogen) atoms. The van der Waals surface area contributed by atoms with Gasteiger partial charge in [0, 0.05) is 25.1 Å². The summed E-state index contributed by atoms with van der Waals surface area (Å²) in [5.74, 6) is 2.40. The fourth-order valence-corrected chi connectivity index (χ4v) is 2.95. The Labute approximate surface area is 89.3 Å². The Kier molecular flexibility index (Phi) is 2.83. The molecule has 1 fully saturated rings. The van der Waals surface area contributed by atoms with Crippen molar-refractivity contribution in [3.8, 4) is 0 Å². The number of thioether (sulfide) groups is 1. The molecule has 4 heteroatoms. The first-order valence-corrected chi connectivity index (χ1v) is 6.17. The minimum Gasteiger partial charge on any atom is -0.307 e. The molecule has 3 nitrogen and oxygen atoms in total. The Morgan fingerprint density at radius 2 is 2.29 bits per heavy atom. The molecule has 2 heterocycles. The average Bonchev–Trinajstić information content (AvgIpc) is 2.43. The van der Waals surface area contributed by atoms with Crippen molar-refractivity contribution in [2.45, 2.75) is 19.9 Å². The molecular formula is C10H17N3S. The van der Waals surface area contributed by atoms with Crippen molar-refractivity contribution in [2.24, 2.45) is 7.05 Å². The van der Waals surface area contributed by atoms with Gasteiger partial charge < -0.3 is 5.32 Å². The molecule has 0 saturated carbocycles. The second kappa shape index (κ2) is 3.95. The zero-order valence-corrected chi connectivity index (χ0v) is 9.82. The predicted octanol–water partition coefficient (Wildman–Crippen LogP) is 1.41. The van der Waals surface area contributed by atoms with Crippen LogP contribution in [-0.4, -0.2) is 27.8 Å². The minimum atomic E-state index is 0.486. The Balaban J connectivity index is 2.29. The maximum atomic E-state index is 4.45. The van der Waals surface area contributed by atoms with Crippen LogP contribution in [0.25, 0.3) is 0 Å². The van der Waals surface area contributed by atoms with Crippen LogP contribution in [0.1, 0.15) is 23.0 Å². The van der Waals surface area contributed by atoms with Crippen molar-refractivity contribution in [2.75, 3.05) is 18.1 Å². The van der Waals surface area contributed by atoms with Crippen molar-refractivity contribution < 1.29 is 0 Å². The van der Waals surface area contributed by atoms with Crippen LogP contribution in [0.3, 0.4) is 0 Å². The molecule has 1 aromatic heterocycles. The Bertz CT molecular complexity index is 326. The van der Waals surface area contributed by atoms with E-state index in [0.29, 0.717) is 6.04 Å². The van der Waals surface area contributed by atoms with Crippen LogP contribution in [0.2, 0.25) is 0 Å². The molecule has 0 amide bonds. The third-order valence-corrected chi connectivity index (χ3v) is 3.89. The monoisotopic (exact) mass is 211 g/mol. The standard InChI is InChI=1S/C10H17N3S/c1-7-8(2)12-13(3)10(7)9-6-14-5-4-11-9/h9,11H,4-6H2,1-3H3. The van der Waals surface area contributed by atoms with Gasteiger partial charge in [0.1, 0.15) is 0 Å². The van der Waals surface area contributed by atoms with Crippen LogP contribution >= 0.6 is 11.8 Å². The molecule has 2 rings (SSSR count). The van der Waals surface area contributed by atoms with Gasteiger partial charge in [0.05, 0.1) is 17.4 Å². The Morgan fingerprint density at radius 3 is 2.79 bits per heavy atom. The summed E-state index contributed by atoms with van der Waals surface area (Å²) in [6.45, 7) is 5.35. The zero-order chi connectivity index (χ0) is 10.1. The zero-order valence-electron chi connectivity index (χ0n) is 9.00. The first-order valence-electron chi connectivity index (χ1n) is 5.01. The first-order chi connectivity index (χ1) is 6.70. The van der Waals surface area contributed by atoms with E-state index in [1.54, 1.807) is 0 Å². The largest absolute Gasteiger partial charge is 0.307 e. The molecule has 0 aromatic carbocycles. The van der Waals surface area contributed by atoms with Crippen LogP contribution in [0.5, 0.6) is 0 Å². The predicted molar refractivity (Wildman–Crippen MR) is 60.8 cm³/mol. The van der Waals surface area contributed by atoms with E-state index in [0.717, 1.165) is 12.2 Å². The van der Waals surface area contributed by atoms with Gasteiger partial charge in [-0.1, -0.05) is 0 Å². The van der Waals surface area contributed by atoms with Gasteiger partial charge in [0.2, 0.25) is 0 Å². The fraction of sp³-hybridized carbons (Fsp3) is 0.700. The highest BCUT2D eigenvalue weighted by Gasteiger charge is 2.21. The number of hydrogen-bond acceptors (Lipinski definition) is 3. The summed E-state index contributed by atoms with van der Waals surface area (Å²) in [7, 11) is 2.04. The first kappa shape index (κ1) is 10.1. The van der Waals surface area contributed by atoms with Crippen LogP contribution in [0.15, 0.2) is 0 Å². The quantitative estimate of drug-likeness (QED) is 0.762. The number of nitrogens with one attached hydrogen (secondary N) is 1. The Morgan fingerprint density at radius 1 is 1.50 bits per heavy atom. The summed E-state index contributed by atoms with van der Waals surface area (Å²) >= 11 is 2.02. The van der Waals surface area contributed by atoms with E-state index in [-0.39, 0.29) is 0 Å². The summed E-state index contributed by atoms with van der Waals surface area (Å²) < 4.78 is 2.02. The smallest absolute Gasteiger partial charge is 0.0626 e. The van der Waals surface area contributed by atoms with E-state index in [2.05, 4.69) is 24.3 Å². The molecular weight excluding hydrogens is 194 g/mol. The highest BCUT2D eigenvalue weighted by molar-refractivity contribution is 7.99. The number of nitrogens with zero attached hydrogens (tertiary/aromatic N) is 2. The van der Waals surface area contributed by atoms with E-state index < -0.39 is 0 Å². The lowest BCUT2D eigenvalue weighted by Gasteiger charge is -2.24. The molecule has 1 aliphatic rings. The van der Waals surface area contributed by atoms with E-state index in [1.165, 1.54) is 22.8 Å². The number of rotatable bonds is 1. The van der Waals surface area contributed by atoms with Gasteiger partial charge in [-0.3, -0.25) is 4.68 Å². The van der Waals surface area contributed by atoms with Gasteiger partial charge in [-0.05, 0) is 19.4 Å². The van der Waals surface area contributed by atoms with Crippen molar-refractivity contribution in [1.29, 1.82) is 0 Å². The summed E-state index contributed by atoms with van der Waals surface area (Å²) in [4.78, 5) is 0. The third-order valence-electron chi connectivity index (χ3n) is 2.83. The normalized spacial score (nSPS) is 22.6. The molecule has 0 bridgehead atoms.